The van der Waals surface area contributed by atoms with E-state index in [0.717, 1.165) is 30.5 Å². The first-order chi connectivity index (χ1) is 14.7. The van der Waals surface area contributed by atoms with Crippen LogP contribution in [0.2, 0.25) is 0 Å². The van der Waals surface area contributed by atoms with Crippen LogP contribution in [-0.4, -0.2) is 45.8 Å². The molecule has 0 bridgehead atoms. The lowest BCUT2D eigenvalue weighted by molar-refractivity contribution is 0.0100. The SMILES string of the molecule is COC1c2nn(C(C)(C)C)cc2CC2(CCN(C(=O)OCc3ccccc3)CC2)C1Br. The molecule has 1 aliphatic heterocycles. The topological polar surface area (TPSA) is 56.6 Å². The molecule has 4 rings (SSSR count). The summed E-state index contributed by atoms with van der Waals surface area (Å²) in [5, 5.41) is 4.88. The second-order valence-corrected chi connectivity index (χ2v) is 10.8. The number of carbonyl (C=O) groups is 1. The van der Waals surface area contributed by atoms with Gasteiger partial charge in [0.1, 0.15) is 12.7 Å². The molecule has 1 spiro atoms. The van der Waals surface area contributed by atoms with Crippen LogP contribution >= 0.6 is 15.9 Å². The lowest BCUT2D eigenvalue weighted by Gasteiger charge is -2.48. The third kappa shape index (κ3) is 4.40. The summed E-state index contributed by atoms with van der Waals surface area (Å²) in [5.74, 6) is 0. The molecule has 2 aliphatic rings. The van der Waals surface area contributed by atoms with E-state index in [1.807, 2.05) is 35.2 Å². The monoisotopic (exact) mass is 489 g/mol. The normalized spacial score (nSPS) is 22.9. The Labute approximate surface area is 193 Å². The number of aromatic nitrogens is 2. The minimum Gasteiger partial charge on any atom is -0.445 e. The zero-order chi connectivity index (χ0) is 22.2. The molecule has 0 saturated carbocycles. The maximum absolute atomic E-state index is 12.6. The number of methoxy groups -OCH3 is 1. The van der Waals surface area contributed by atoms with E-state index in [-0.39, 0.29) is 28.0 Å². The molecular weight excluding hydrogens is 458 g/mol. The molecule has 1 amide bonds. The summed E-state index contributed by atoms with van der Waals surface area (Å²) >= 11 is 3.97. The number of alkyl halides is 1. The highest BCUT2D eigenvalue weighted by atomic mass is 79.9. The molecule has 0 N–H and O–H groups in total. The maximum Gasteiger partial charge on any atom is 0.410 e. The molecule has 168 valence electrons. The van der Waals surface area contributed by atoms with E-state index in [4.69, 9.17) is 14.6 Å². The van der Waals surface area contributed by atoms with Crippen molar-refractivity contribution in [2.45, 2.75) is 63.1 Å². The third-order valence-electron chi connectivity index (χ3n) is 6.65. The zero-order valence-electron chi connectivity index (χ0n) is 18.8. The van der Waals surface area contributed by atoms with Crippen LogP contribution in [0.25, 0.3) is 0 Å². The number of nitrogens with zero attached hydrogens (tertiary/aromatic N) is 3. The Balaban J connectivity index is 1.44. The largest absolute Gasteiger partial charge is 0.445 e. The first-order valence-corrected chi connectivity index (χ1v) is 11.9. The maximum atomic E-state index is 12.6. The van der Waals surface area contributed by atoms with E-state index in [9.17, 15) is 4.79 Å². The van der Waals surface area contributed by atoms with Crippen LogP contribution in [0.3, 0.4) is 0 Å². The zero-order valence-corrected chi connectivity index (χ0v) is 20.4. The van der Waals surface area contributed by atoms with Crippen molar-refractivity contribution in [3.05, 3.63) is 53.3 Å². The minimum absolute atomic E-state index is 0.0373. The lowest BCUT2D eigenvalue weighted by atomic mass is 9.66. The molecule has 2 heterocycles. The van der Waals surface area contributed by atoms with Crippen molar-refractivity contribution in [2.24, 2.45) is 5.41 Å². The van der Waals surface area contributed by atoms with Crippen LogP contribution in [0, 0.1) is 5.41 Å². The fourth-order valence-electron chi connectivity index (χ4n) is 4.71. The summed E-state index contributed by atoms with van der Waals surface area (Å²) < 4.78 is 13.5. The third-order valence-corrected chi connectivity index (χ3v) is 8.10. The predicted molar refractivity (Wildman–Crippen MR) is 123 cm³/mol. The van der Waals surface area contributed by atoms with Crippen molar-refractivity contribution >= 4 is 22.0 Å². The average Bonchev–Trinajstić information content (AvgIpc) is 3.18. The summed E-state index contributed by atoms with van der Waals surface area (Å²) in [6.45, 7) is 8.17. The van der Waals surface area contributed by atoms with Gasteiger partial charge in [-0.3, -0.25) is 4.68 Å². The van der Waals surface area contributed by atoms with E-state index in [1.165, 1.54) is 5.56 Å². The molecule has 1 aliphatic carbocycles. The van der Waals surface area contributed by atoms with Crippen LogP contribution in [0.4, 0.5) is 4.79 Å². The van der Waals surface area contributed by atoms with Gasteiger partial charge >= 0.3 is 6.09 Å². The van der Waals surface area contributed by atoms with Crippen molar-refractivity contribution in [2.75, 3.05) is 20.2 Å². The molecule has 6 nitrogen and oxygen atoms in total. The molecule has 1 aromatic carbocycles. The summed E-state index contributed by atoms with van der Waals surface area (Å²) in [5.41, 5.74) is 3.27. The van der Waals surface area contributed by atoms with Gasteiger partial charge < -0.3 is 14.4 Å². The van der Waals surface area contributed by atoms with Gasteiger partial charge in [-0.25, -0.2) is 4.79 Å². The van der Waals surface area contributed by atoms with E-state index in [0.29, 0.717) is 19.7 Å². The molecule has 1 fully saturated rings. The number of rotatable bonds is 3. The molecule has 1 aromatic heterocycles. The van der Waals surface area contributed by atoms with Crippen molar-refractivity contribution in [1.29, 1.82) is 0 Å². The van der Waals surface area contributed by atoms with Crippen molar-refractivity contribution in [3.63, 3.8) is 0 Å². The number of hydrogen-bond acceptors (Lipinski definition) is 4. The number of carbonyl (C=O) groups excluding carboxylic acids is 1. The van der Waals surface area contributed by atoms with E-state index in [2.05, 4.69) is 47.6 Å². The first-order valence-electron chi connectivity index (χ1n) is 10.9. The van der Waals surface area contributed by atoms with Crippen LogP contribution in [0.5, 0.6) is 0 Å². The van der Waals surface area contributed by atoms with Gasteiger partial charge in [-0.2, -0.15) is 5.10 Å². The molecule has 31 heavy (non-hydrogen) atoms. The molecule has 7 heteroatoms. The van der Waals surface area contributed by atoms with Gasteiger partial charge in [0.15, 0.2) is 0 Å². The molecule has 1 saturated heterocycles. The second-order valence-electron chi connectivity index (χ2n) is 9.78. The van der Waals surface area contributed by atoms with Crippen LogP contribution in [-0.2, 0) is 28.0 Å². The Morgan fingerprint density at radius 1 is 1.23 bits per heavy atom. The number of piperidine rings is 1. The second kappa shape index (κ2) is 8.58. The fourth-order valence-corrected chi connectivity index (χ4v) is 5.79. The van der Waals surface area contributed by atoms with Gasteiger partial charge in [-0.15, -0.1) is 0 Å². The smallest absolute Gasteiger partial charge is 0.410 e. The van der Waals surface area contributed by atoms with Gasteiger partial charge in [0, 0.05) is 26.4 Å². The molecule has 2 atom stereocenters. The number of ether oxygens (including phenoxy) is 2. The molecular formula is C24H32BrN3O3. The quantitative estimate of drug-likeness (QED) is 0.565. The summed E-state index contributed by atoms with van der Waals surface area (Å²) in [6, 6.07) is 9.80. The van der Waals surface area contributed by atoms with E-state index >= 15 is 0 Å². The minimum atomic E-state index is -0.231. The lowest BCUT2D eigenvalue weighted by Crippen LogP contribution is -2.51. The van der Waals surface area contributed by atoms with Crippen molar-refractivity contribution < 1.29 is 14.3 Å². The summed E-state index contributed by atoms with van der Waals surface area (Å²) in [7, 11) is 1.76. The van der Waals surface area contributed by atoms with Gasteiger partial charge in [0.05, 0.1) is 16.1 Å². The van der Waals surface area contributed by atoms with Gasteiger partial charge in [-0.1, -0.05) is 46.3 Å². The first kappa shape index (κ1) is 22.3. The highest BCUT2D eigenvalue weighted by Gasteiger charge is 2.50. The summed E-state index contributed by atoms with van der Waals surface area (Å²) in [6.07, 6.45) is 4.62. The van der Waals surface area contributed by atoms with Crippen LogP contribution in [0.1, 0.15) is 56.5 Å². The van der Waals surface area contributed by atoms with E-state index in [1.54, 1.807) is 7.11 Å². The Morgan fingerprint density at radius 3 is 2.52 bits per heavy atom. The van der Waals surface area contributed by atoms with Gasteiger partial charge in [0.25, 0.3) is 0 Å². The van der Waals surface area contributed by atoms with Crippen LogP contribution < -0.4 is 0 Å². The number of likely N-dealkylation sites (tertiary alicyclic amines) is 1. The number of amides is 1. The number of hydrogen-bond donors (Lipinski definition) is 0. The fraction of sp³-hybridized carbons (Fsp3) is 0.583. The average molecular weight is 490 g/mol. The van der Waals surface area contributed by atoms with E-state index < -0.39 is 0 Å². The number of halogens is 1. The molecule has 2 unspecified atom stereocenters. The Hall–Kier alpha value is -1.86. The number of benzene rings is 1. The summed E-state index contributed by atoms with van der Waals surface area (Å²) in [4.78, 5) is 14.6. The van der Waals surface area contributed by atoms with Gasteiger partial charge in [0.2, 0.25) is 0 Å². The molecule has 2 aromatic rings. The Bertz CT molecular complexity index is 914. The molecule has 0 radical (unpaired) electrons. The predicted octanol–water partition coefficient (Wildman–Crippen LogP) is 5.06. The Kier molecular flexibility index (Phi) is 6.19. The standard InChI is InChI=1S/C24H32BrN3O3/c1-23(2,3)28-15-18-14-24(21(25)20(30-4)19(18)26-28)10-12-27(13-11-24)22(29)31-16-17-8-6-5-7-9-17/h5-9,15,20-21H,10-14,16H2,1-4H3. The Morgan fingerprint density at radius 2 is 1.90 bits per heavy atom. The van der Waals surface area contributed by atoms with Crippen molar-refractivity contribution in [3.8, 4) is 0 Å². The number of fused-ring (bicyclic) bond motifs is 1. The van der Waals surface area contributed by atoms with Crippen molar-refractivity contribution in [1.82, 2.24) is 14.7 Å². The highest BCUT2D eigenvalue weighted by molar-refractivity contribution is 9.09. The van der Waals surface area contributed by atoms with Gasteiger partial charge in [-0.05, 0) is 56.6 Å². The highest BCUT2D eigenvalue weighted by Crippen LogP contribution is 2.52. The van der Waals surface area contributed by atoms with Crippen LogP contribution in [0.15, 0.2) is 36.5 Å².